The molecule has 0 amide bonds. The first-order chi connectivity index (χ1) is 8.18. The number of benzene rings is 1. The summed E-state index contributed by atoms with van der Waals surface area (Å²) in [5.74, 6) is 6.65. The smallest absolute Gasteiger partial charge is 0.143 e. The van der Waals surface area contributed by atoms with Crippen molar-refractivity contribution in [1.82, 2.24) is 9.78 Å². The number of aryl methyl sites for hydroxylation is 1. The number of hydrogen-bond acceptors (Lipinski definition) is 1. The Kier molecular flexibility index (Phi) is 4.78. The molecule has 0 bridgehead atoms. The second-order valence-electron chi connectivity index (χ2n) is 3.91. The second-order valence-corrected chi connectivity index (χ2v) is 3.91. The SMILES string of the molecule is CC.CC(C)C#Cc1nn(C)c2ccccc12. The normalized spacial score (nSPS) is 9.53. The van der Waals surface area contributed by atoms with Crippen LogP contribution < -0.4 is 0 Å². The highest BCUT2D eigenvalue weighted by atomic mass is 15.3. The third kappa shape index (κ3) is 3.10. The van der Waals surface area contributed by atoms with E-state index in [0.717, 1.165) is 16.6 Å². The van der Waals surface area contributed by atoms with Gasteiger partial charge in [0.05, 0.1) is 5.52 Å². The van der Waals surface area contributed by atoms with E-state index in [-0.39, 0.29) is 0 Å². The summed E-state index contributed by atoms with van der Waals surface area (Å²) in [6.07, 6.45) is 0. The molecule has 0 saturated heterocycles. The number of fused-ring (bicyclic) bond motifs is 1. The zero-order valence-corrected chi connectivity index (χ0v) is 11.3. The average molecular weight is 228 g/mol. The second kappa shape index (κ2) is 6.10. The minimum absolute atomic E-state index is 0.380. The van der Waals surface area contributed by atoms with E-state index in [9.17, 15) is 0 Å². The Morgan fingerprint density at radius 1 is 1.18 bits per heavy atom. The first-order valence-electron chi connectivity index (χ1n) is 6.12. The quantitative estimate of drug-likeness (QED) is 0.630. The van der Waals surface area contributed by atoms with Crippen molar-refractivity contribution in [1.29, 1.82) is 0 Å². The van der Waals surface area contributed by atoms with Gasteiger partial charge >= 0.3 is 0 Å². The van der Waals surface area contributed by atoms with Gasteiger partial charge in [0.15, 0.2) is 0 Å². The summed E-state index contributed by atoms with van der Waals surface area (Å²) in [5, 5.41) is 5.54. The molecule has 0 N–H and O–H groups in total. The van der Waals surface area contributed by atoms with Crippen LogP contribution in [-0.2, 0) is 7.05 Å². The molecule has 1 aromatic carbocycles. The molecular formula is C15H20N2. The molecule has 1 aromatic heterocycles. The van der Waals surface area contributed by atoms with Crippen molar-refractivity contribution in [2.45, 2.75) is 27.7 Å². The molecule has 0 aliphatic heterocycles. The Labute approximate surface area is 104 Å². The molecule has 0 fully saturated rings. The molecule has 2 rings (SSSR count). The van der Waals surface area contributed by atoms with Crippen LogP contribution in [0.2, 0.25) is 0 Å². The lowest BCUT2D eigenvalue weighted by atomic mass is 10.2. The van der Waals surface area contributed by atoms with Crippen LogP contribution in [0.5, 0.6) is 0 Å². The van der Waals surface area contributed by atoms with E-state index in [0.29, 0.717) is 5.92 Å². The molecule has 0 saturated carbocycles. The van der Waals surface area contributed by atoms with Gasteiger partial charge in [0, 0.05) is 18.4 Å². The van der Waals surface area contributed by atoms with Gasteiger partial charge in [-0.15, -0.1) is 0 Å². The zero-order chi connectivity index (χ0) is 12.8. The van der Waals surface area contributed by atoms with Crippen LogP contribution >= 0.6 is 0 Å². The Bertz CT molecular complexity index is 539. The molecule has 0 spiro atoms. The van der Waals surface area contributed by atoms with Crippen LogP contribution in [0.4, 0.5) is 0 Å². The summed E-state index contributed by atoms with van der Waals surface area (Å²) in [5.41, 5.74) is 2.01. The number of aromatic nitrogens is 2. The van der Waals surface area contributed by atoms with Crippen LogP contribution in [-0.4, -0.2) is 9.78 Å². The van der Waals surface area contributed by atoms with Crippen molar-refractivity contribution in [2.24, 2.45) is 13.0 Å². The van der Waals surface area contributed by atoms with Gasteiger partial charge < -0.3 is 0 Å². The maximum absolute atomic E-state index is 4.40. The summed E-state index contributed by atoms with van der Waals surface area (Å²) in [4.78, 5) is 0. The number of rotatable bonds is 0. The molecule has 2 aromatic rings. The summed E-state index contributed by atoms with van der Waals surface area (Å²) in [6, 6.07) is 8.16. The first-order valence-corrected chi connectivity index (χ1v) is 6.12. The predicted octanol–water partition coefficient (Wildman–Crippen LogP) is 3.61. The average Bonchev–Trinajstić information content (AvgIpc) is 2.67. The number of para-hydroxylation sites is 1. The van der Waals surface area contributed by atoms with Crippen molar-refractivity contribution in [3.05, 3.63) is 30.0 Å². The van der Waals surface area contributed by atoms with Gasteiger partial charge in [-0.3, -0.25) is 4.68 Å². The third-order valence-corrected chi connectivity index (χ3v) is 2.24. The summed E-state index contributed by atoms with van der Waals surface area (Å²) in [6.45, 7) is 8.16. The largest absolute Gasteiger partial charge is 0.267 e. The van der Waals surface area contributed by atoms with Crippen LogP contribution in [0.3, 0.4) is 0 Å². The van der Waals surface area contributed by atoms with Crippen LogP contribution in [0.1, 0.15) is 33.4 Å². The van der Waals surface area contributed by atoms with E-state index in [4.69, 9.17) is 0 Å². The fraction of sp³-hybridized carbons (Fsp3) is 0.400. The highest BCUT2D eigenvalue weighted by Gasteiger charge is 2.04. The van der Waals surface area contributed by atoms with E-state index >= 15 is 0 Å². The van der Waals surface area contributed by atoms with Crippen LogP contribution in [0.15, 0.2) is 24.3 Å². The molecular weight excluding hydrogens is 208 g/mol. The van der Waals surface area contributed by atoms with Crippen molar-refractivity contribution in [2.75, 3.05) is 0 Å². The Balaban J connectivity index is 0.000000686. The highest BCUT2D eigenvalue weighted by Crippen LogP contribution is 2.16. The van der Waals surface area contributed by atoms with E-state index in [1.54, 1.807) is 0 Å². The molecule has 1 heterocycles. The number of hydrogen-bond donors (Lipinski definition) is 0. The molecule has 0 unspecified atom stereocenters. The summed E-state index contributed by atoms with van der Waals surface area (Å²) < 4.78 is 1.87. The molecule has 0 aliphatic rings. The van der Waals surface area contributed by atoms with Gasteiger partial charge in [0.2, 0.25) is 0 Å². The summed E-state index contributed by atoms with van der Waals surface area (Å²) in [7, 11) is 1.95. The lowest BCUT2D eigenvalue weighted by molar-refractivity contribution is 0.791. The molecule has 0 radical (unpaired) electrons. The van der Waals surface area contributed by atoms with Gasteiger partial charge in [0.25, 0.3) is 0 Å². The standard InChI is InChI=1S/C13H14N2.C2H6/c1-10(2)8-9-12-11-6-4-5-7-13(11)15(3)14-12;1-2/h4-7,10H,1-3H3;1-2H3. The first kappa shape index (κ1) is 13.3. The number of nitrogens with zero attached hydrogens (tertiary/aromatic N) is 2. The van der Waals surface area contributed by atoms with Gasteiger partial charge in [-0.05, 0) is 18.1 Å². The van der Waals surface area contributed by atoms with E-state index in [1.807, 2.05) is 37.7 Å². The monoisotopic (exact) mass is 228 g/mol. The van der Waals surface area contributed by atoms with E-state index in [2.05, 4.69) is 42.9 Å². The van der Waals surface area contributed by atoms with Gasteiger partial charge in [-0.1, -0.05) is 45.7 Å². The van der Waals surface area contributed by atoms with Crippen molar-refractivity contribution in [3.8, 4) is 11.8 Å². The topological polar surface area (TPSA) is 17.8 Å². The van der Waals surface area contributed by atoms with Gasteiger partial charge in [0.1, 0.15) is 5.69 Å². The lowest BCUT2D eigenvalue weighted by Gasteiger charge is -1.90. The fourth-order valence-electron chi connectivity index (χ4n) is 1.52. The third-order valence-electron chi connectivity index (χ3n) is 2.24. The van der Waals surface area contributed by atoms with E-state index in [1.165, 1.54) is 0 Å². The van der Waals surface area contributed by atoms with Crippen molar-refractivity contribution < 1.29 is 0 Å². The predicted molar refractivity (Wildman–Crippen MR) is 73.8 cm³/mol. The molecule has 2 nitrogen and oxygen atoms in total. The Hall–Kier alpha value is -1.75. The zero-order valence-electron chi connectivity index (χ0n) is 11.3. The Morgan fingerprint density at radius 2 is 1.82 bits per heavy atom. The molecule has 90 valence electrons. The van der Waals surface area contributed by atoms with Gasteiger partial charge in [-0.2, -0.15) is 5.10 Å². The van der Waals surface area contributed by atoms with Crippen molar-refractivity contribution >= 4 is 10.9 Å². The summed E-state index contributed by atoms with van der Waals surface area (Å²) >= 11 is 0. The van der Waals surface area contributed by atoms with Crippen molar-refractivity contribution in [3.63, 3.8) is 0 Å². The Morgan fingerprint density at radius 3 is 2.47 bits per heavy atom. The minimum Gasteiger partial charge on any atom is -0.267 e. The van der Waals surface area contributed by atoms with Crippen LogP contribution in [0, 0.1) is 17.8 Å². The molecule has 0 atom stereocenters. The highest BCUT2D eigenvalue weighted by molar-refractivity contribution is 5.84. The maximum Gasteiger partial charge on any atom is 0.143 e. The van der Waals surface area contributed by atoms with Gasteiger partial charge in [-0.25, -0.2) is 0 Å². The van der Waals surface area contributed by atoms with Crippen LogP contribution in [0.25, 0.3) is 10.9 Å². The fourth-order valence-corrected chi connectivity index (χ4v) is 1.52. The maximum atomic E-state index is 4.40. The molecule has 0 aliphatic carbocycles. The lowest BCUT2D eigenvalue weighted by Crippen LogP contribution is -1.89. The molecule has 2 heteroatoms. The van der Waals surface area contributed by atoms with E-state index < -0.39 is 0 Å². The molecule has 17 heavy (non-hydrogen) atoms. The minimum atomic E-state index is 0.380.